The summed E-state index contributed by atoms with van der Waals surface area (Å²) in [6.45, 7) is 0. The molecule has 3 aromatic carbocycles. The summed E-state index contributed by atoms with van der Waals surface area (Å²) in [5.41, 5.74) is 5.64. The van der Waals surface area contributed by atoms with Crippen molar-refractivity contribution >= 4 is 34.8 Å². The number of H-pyrrole nitrogens is 1. The van der Waals surface area contributed by atoms with E-state index in [0.717, 1.165) is 28.1 Å². The number of carbonyl (C=O) groups is 2. The summed E-state index contributed by atoms with van der Waals surface area (Å²) in [4.78, 5) is 28.3. The maximum absolute atomic E-state index is 13.1. The number of anilines is 2. The van der Waals surface area contributed by atoms with Gasteiger partial charge in [-0.2, -0.15) is 0 Å². The first-order valence-electron chi connectivity index (χ1n) is 10.1. The van der Waals surface area contributed by atoms with Crippen molar-refractivity contribution in [3.05, 3.63) is 108 Å². The number of benzene rings is 3. The van der Waals surface area contributed by atoms with Crippen molar-refractivity contribution in [2.45, 2.75) is 0 Å². The molecule has 0 saturated heterocycles. The number of carbonyl (C=O) groups excluding carboxylic acids is 2. The second kappa shape index (κ2) is 8.00. The third-order valence-electron chi connectivity index (χ3n) is 5.29. The number of aromatic nitrogens is 1. The van der Waals surface area contributed by atoms with E-state index in [1.165, 1.54) is 24.3 Å². The molecule has 3 N–H and O–H groups in total. The molecule has 0 fully saturated rings. The molecule has 32 heavy (non-hydrogen) atoms. The van der Waals surface area contributed by atoms with Gasteiger partial charge in [-0.25, -0.2) is 4.39 Å². The van der Waals surface area contributed by atoms with Crippen LogP contribution in [0.3, 0.4) is 0 Å². The fraction of sp³-hybridized carbons (Fsp3) is 0. The average Bonchev–Trinajstić information content (AvgIpc) is 3.42. The minimum atomic E-state index is -0.396. The number of hydrogen-bond donors (Lipinski definition) is 3. The van der Waals surface area contributed by atoms with Crippen LogP contribution in [0.25, 0.3) is 22.8 Å². The van der Waals surface area contributed by atoms with Gasteiger partial charge in [0.05, 0.1) is 5.57 Å². The standard InChI is InChI=1S/C26H18FN3O2/c27-18-11-9-16(10-12-18)25(31)29-20-5-1-4-17(14-20)21-7-2-8-23-24(21)22(26(32)30-23)15-19-6-3-13-28-19/h1-15,28H,(H,29,31)(H,30,32). The second-order valence-electron chi connectivity index (χ2n) is 7.41. The lowest BCUT2D eigenvalue weighted by molar-refractivity contribution is -0.110. The Morgan fingerprint density at radius 3 is 2.53 bits per heavy atom. The molecule has 156 valence electrons. The van der Waals surface area contributed by atoms with Crippen LogP contribution in [0, 0.1) is 5.82 Å². The third-order valence-corrected chi connectivity index (χ3v) is 5.29. The van der Waals surface area contributed by atoms with E-state index < -0.39 is 5.82 Å². The lowest BCUT2D eigenvalue weighted by Crippen LogP contribution is -2.11. The normalized spacial score (nSPS) is 13.7. The summed E-state index contributed by atoms with van der Waals surface area (Å²) in [6, 6.07) is 22.3. The third kappa shape index (κ3) is 3.70. The first-order valence-corrected chi connectivity index (χ1v) is 10.1. The largest absolute Gasteiger partial charge is 0.362 e. The Balaban J connectivity index is 1.51. The number of halogens is 1. The molecule has 1 aliphatic heterocycles. The minimum Gasteiger partial charge on any atom is -0.362 e. The predicted molar refractivity (Wildman–Crippen MR) is 124 cm³/mol. The van der Waals surface area contributed by atoms with Gasteiger partial charge in [0.1, 0.15) is 5.82 Å². The SMILES string of the molecule is O=C1Nc2cccc(-c3cccc(NC(=O)c4ccc(F)cc4)c3)c2C1=Cc1ccc[nH]1. The van der Waals surface area contributed by atoms with Crippen LogP contribution in [-0.4, -0.2) is 16.8 Å². The van der Waals surface area contributed by atoms with Gasteiger partial charge in [-0.1, -0.05) is 24.3 Å². The summed E-state index contributed by atoms with van der Waals surface area (Å²) in [6.07, 6.45) is 3.63. The molecule has 0 spiro atoms. The summed E-state index contributed by atoms with van der Waals surface area (Å²) in [7, 11) is 0. The first kappa shape index (κ1) is 19.5. The van der Waals surface area contributed by atoms with Crippen molar-refractivity contribution < 1.29 is 14.0 Å². The monoisotopic (exact) mass is 423 g/mol. The summed E-state index contributed by atoms with van der Waals surface area (Å²) >= 11 is 0. The number of aromatic amines is 1. The number of amides is 2. The number of fused-ring (bicyclic) bond motifs is 1. The van der Waals surface area contributed by atoms with Gasteiger partial charge in [0.2, 0.25) is 0 Å². The molecule has 2 heterocycles. The van der Waals surface area contributed by atoms with Gasteiger partial charge in [0, 0.05) is 34.4 Å². The van der Waals surface area contributed by atoms with E-state index >= 15 is 0 Å². The van der Waals surface area contributed by atoms with E-state index in [2.05, 4.69) is 15.6 Å². The molecular formula is C26H18FN3O2. The molecule has 0 bridgehead atoms. The van der Waals surface area contributed by atoms with E-state index in [9.17, 15) is 14.0 Å². The molecule has 0 aliphatic carbocycles. The molecule has 4 aromatic rings. The topological polar surface area (TPSA) is 74.0 Å². The molecule has 0 radical (unpaired) electrons. The molecule has 2 amide bonds. The van der Waals surface area contributed by atoms with Crippen LogP contribution in [0.2, 0.25) is 0 Å². The Morgan fingerprint density at radius 1 is 0.938 bits per heavy atom. The second-order valence-corrected chi connectivity index (χ2v) is 7.41. The maximum Gasteiger partial charge on any atom is 0.256 e. The number of nitrogens with one attached hydrogen (secondary N) is 3. The van der Waals surface area contributed by atoms with Crippen LogP contribution in [0.1, 0.15) is 21.6 Å². The molecule has 1 aromatic heterocycles. The van der Waals surface area contributed by atoms with Gasteiger partial charge < -0.3 is 15.6 Å². The van der Waals surface area contributed by atoms with Crippen LogP contribution < -0.4 is 10.6 Å². The highest BCUT2D eigenvalue weighted by Gasteiger charge is 2.27. The van der Waals surface area contributed by atoms with Crippen LogP contribution in [0.4, 0.5) is 15.8 Å². The van der Waals surface area contributed by atoms with Gasteiger partial charge in [0.15, 0.2) is 0 Å². The van der Waals surface area contributed by atoms with Gasteiger partial charge in [-0.05, 0) is 71.8 Å². The quantitative estimate of drug-likeness (QED) is 0.376. The fourth-order valence-corrected chi connectivity index (χ4v) is 3.79. The Bertz CT molecular complexity index is 1360. The maximum atomic E-state index is 13.1. The number of rotatable bonds is 4. The molecule has 5 rings (SSSR count). The summed E-state index contributed by atoms with van der Waals surface area (Å²) in [5, 5.41) is 5.77. The molecule has 0 atom stereocenters. The van der Waals surface area contributed by atoms with E-state index in [1.807, 2.05) is 54.6 Å². The average molecular weight is 423 g/mol. The van der Waals surface area contributed by atoms with Gasteiger partial charge in [-0.15, -0.1) is 0 Å². The predicted octanol–water partition coefficient (Wildman–Crippen LogP) is 5.57. The van der Waals surface area contributed by atoms with Crippen LogP contribution in [-0.2, 0) is 4.79 Å². The molecule has 0 saturated carbocycles. The smallest absolute Gasteiger partial charge is 0.256 e. The van der Waals surface area contributed by atoms with Crippen molar-refractivity contribution in [3.63, 3.8) is 0 Å². The Hall–Kier alpha value is -4.45. The van der Waals surface area contributed by atoms with Crippen molar-refractivity contribution in [1.29, 1.82) is 0 Å². The van der Waals surface area contributed by atoms with E-state index in [0.29, 0.717) is 16.8 Å². The fourth-order valence-electron chi connectivity index (χ4n) is 3.79. The number of hydrogen-bond acceptors (Lipinski definition) is 2. The van der Waals surface area contributed by atoms with Crippen LogP contribution in [0.15, 0.2) is 85.1 Å². The highest BCUT2D eigenvalue weighted by atomic mass is 19.1. The van der Waals surface area contributed by atoms with Crippen molar-refractivity contribution in [1.82, 2.24) is 4.98 Å². The molecular weight excluding hydrogens is 405 g/mol. The zero-order chi connectivity index (χ0) is 22.1. The molecule has 0 unspecified atom stereocenters. The van der Waals surface area contributed by atoms with Crippen molar-refractivity contribution in [2.75, 3.05) is 10.6 Å². The highest BCUT2D eigenvalue weighted by Crippen LogP contribution is 2.40. The zero-order valence-electron chi connectivity index (χ0n) is 16.9. The summed E-state index contributed by atoms with van der Waals surface area (Å²) < 4.78 is 13.1. The van der Waals surface area contributed by atoms with Crippen molar-refractivity contribution in [3.8, 4) is 11.1 Å². The molecule has 1 aliphatic rings. The van der Waals surface area contributed by atoms with E-state index in [-0.39, 0.29) is 11.8 Å². The molecule has 6 heteroatoms. The Kier molecular flexibility index (Phi) is 4.88. The van der Waals surface area contributed by atoms with Crippen LogP contribution in [0.5, 0.6) is 0 Å². The van der Waals surface area contributed by atoms with Crippen molar-refractivity contribution in [2.24, 2.45) is 0 Å². The summed E-state index contributed by atoms with van der Waals surface area (Å²) in [5.74, 6) is -0.889. The lowest BCUT2D eigenvalue weighted by Gasteiger charge is -2.11. The van der Waals surface area contributed by atoms with Gasteiger partial charge in [-0.3, -0.25) is 9.59 Å². The Labute approximate surface area is 183 Å². The lowest BCUT2D eigenvalue weighted by atomic mass is 9.94. The van der Waals surface area contributed by atoms with Gasteiger partial charge >= 0.3 is 0 Å². The highest BCUT2D eigenvalue weighted by molar-refractivity contribution is 6.36. The van der Waals surface area contributed by atoms with Crippen LogP contribution >= 0.6 is 0 Å². The van der Waals surface area contributed by atoms with Gasteiger partial charge in [0.25, 0.3) is 11.8 Å². The zero-order valence-corrected chi connectivity index (χ0v) is 16.9. The minimum absolute atomic E-state index is 0.164. The van der Waals surface area contributed by atoms with E-state index in [4.69, 9.17) is 0 Å². The Morgan fingerprint density at radius 2 is 1.75 bits per heavy atom. The first-order chi connectivity index (χ1) is 15.6. The molecule has 5 nitrogen and oxygen atoms in total. The van der Waals surface area contributed by atoms with E-state index in [1.54, 1.807) is 12.3 Å².